The molecule has 0 aliphatic heterocycles. The van der Waals surface area contributed by atoms with Crippen molar-refractivity contribution in [2.45, 2.75) is 17.9 Å². The van der Waals surface area contributed by atoms with Gasteiger partial charge in [-0.1, -0.05) is 24.3 Å². The summed E-state index contributed by atoms with van der Waals surface area (Å²) >= 11 is 0. The number of aryl methyl sites for hydroxylation is 1. The van der Waals surface area contributed by atoms with Gasteiger partial charge in [-0.25, -0.2) is 9.35 Å². The zero-order valence-corrected chi connectivity index (χ0v) is 15.2. The van der Waals surface area contributed by atoms with Crippen LogP contribution in [0.15, 0.2) is 47.4 Å². The number of aliphatic hydroxyl groups is 1. The number of methoxy groups -OCH3 is 1. The van der Waals surface area contributed by atoms with Gasteiger partial charge in [0.2, 0.25) is 0 Å². The van der Waals surface area contributed by atoms with Crippen molar-refractivity contribution in [1.82, 2.24) is 5.32 Å². The van der Waals surface area contributed by atoms with Gasteiger partial charge in [-0.05, 0) is 36.2 Å². The molecular formula is C18H24N2O4S. The lowest BCUT2D eigenvalue weighted by molar-refractivity contribution is 0.171. The second kappa shape index (κ2) is 9.53. The fourth-order valence-electron chi connectivity index (χ4n) is 2.37. The Balaban J connectivity index is 1.80. The van der Waals surface area contributed by atoms with E-state index in [1.54, 1.807) is 13.2 Å². The smallest absolute Gasteiger partial charge is 0.161 e. The monoisotopic (exact) mass is 364 g/mol. The average molecular weight is 364 g/mol. The zero-order chi connectivity index (χ0) is 18.2. The standard InChI is InChI=1S/C18H24N2O4S/c1-13-7-8-14(11-18(13)25(19)22)15(21)12-20-9-10-24-17-6-4-3-5-16(17)23-2/h3-8,11,15,20-21H,9-10,12,19H2,1-2H3. The lowest BCUT2D eigenvalue weighted by Crippen LogP contribution is -2.26. The van der Waals surface area contributed by atoms with Crippen LogP contribution >= 0.6 is 0 Å². The van der Waals surface area contributed by atoms with Crippen molar-refractivity contribution in [3.8, 4) is 11.5 Å². The molecule has 4 N–H and O–H groups in total. The molecule has 0 radical (unpaired) electrons. The number of rotatable bonds is 9. The van der Waals surface area contributed by atoms with Crippen molar-refractivity contribution < 1.29 is 18.8 Å². The van der Waals surface area contributed by atoms with E-state index >= 15 is 0 Å². The number of benzene rings is 2. The summed E-state index contributed by atoms with van der Waals surface area (Å²) in [6, 6.07) is 12.7. The summed E-state index contributed by atoms with van der Waals surface area (Å²) in [6.45, 7) is 3.20. The van der Waals surface area contributed by atoms with Crippen molar-refractivity contribution in [1.29, 1.82) is 0 Å². The average Bonchev–Trinajstić information content (AvgIpc) is 2.61. The number of nitrogens with one attached hydrogen (secondary N) is 1. The van der Waals surface area contributed by atoms with Crippen LogP contribution in [0.25, 0.3) is 0 Å². The predicted molar refractivity (Wildman–Crippen MR) is 98.1 cm³/mol. The topological polar surface area (TPSA) is 93.8 Å². The van der Waals surface area contributed by atoms with Crippen LogP contribution in [0.5, 0.6) is 11.5 Å². The third kappa shape index (κ3) is 5.54. The van der Waals surface area contributed by atoms with Crippen LogP contribution in [0.3, 0.4) is 0 Å². The summed E-state index contributed by atoms with van der Waals surface area (Å²) in [4.78, 5) is 0.538. The summed E-state index contributed by atoms with van der Waals surface area (Å²) in [6.07, 6.45) is -0.714. The molecule has 0 bridgehead atoms. The van der Waals surface area contributed by atoms with Crippen molar-refractivity contribution >= 4 is 11.0 Å². The number of hydrogen-bond donors (Lipinski definition) is 3. The first kappa shape index (κ1) is 19.4. The molecule has 2 unspecified atom stereocenters. The van der Waals surface area contributed by atoms with E-state index in [4.69, 9.17) is 14.6 Å². The summed E-state index contributed by atoms with van der Waals surface area (Å²) < 4.78 is 22.4. The van der Waals surface area contributed by atoms with Gasteiger partial charge in [0, 0.05) is 13.1 Å². The maximum Gasteiger partial charge on any atom is 0.161 e. The predicted octanol–water partition coefficient (Wildman–Crippen LogP) is 1.69. The summed E-state index contributed by atoms with van der Waals surface area (Å²) in [5, 5.41) is 18.8. The molecule has 136 valence electrons. The number of para-hydroxylation sites is 2. The molecule has 0 aliphatic carbocycles. The summed E-state index contributed by atoms with van der Waals surface area (Å²) in [5.74, 6) is 1.37. The van der Waals surface area contributed by atoms with Crippen LogP contribution in [-0.2, 0) is 11.0 Å². The second-order valence-electron chi connectivity index (χ2n) is 5.54. The van der Waals surface area contributed by atoms with E-state index in [-0.39, 0.29) is 0 Å². The van der Waals surface area contributed by atoms with Crippen LogP contribution in [0.1, 0.15) is 17.2 Å². The van der Waals surface area contributed by atoms with Gasteiger partial charge in [-0.15, -0.1) is 0 Å². The Labute approximate surface area is 150 Å². The fraction of sp³-hybridized carbons (Fsp3) is 0.333. The number of nitrogens with two attached hydrogens (primary N) is 1. The van der Waals surface area contributed by atoms with E-state index < -0.39 is 17.1 Å². The second-order valence-corrected chi connectivity index (χ2v) is 6.58. The Morgan fingerprint density at radius 3 is 2.64 bits per heavy atom. The fourth-order valence-corrected chi connectivity index (χ4v) is 3.01. The van der Waals surface area contributed by atoms with Crippen molar-refractivity contribution in [3.05, 3.63) is 53.6 Å². The minimum atomic E-state index is -1.56. The molecule has 0 spiro atoms. The van der Waals surface area contributed by atoms with Gasteiger partial charge in [0.25, 0.3) is 0 Å². The molecule has 0 aromatic heterocycles. The van der Waals surface area contributed by atoms with E-state index in [1.807, 2.05) is 43.3 Å². The molecule has 25 heavy (non-hydrogen) atoms. The highest BCUT2D eigenvalue weighted by molar-refractivity contribution is 7.82. The third-order valence-corrected chi connectivity index (χ3v) is 4.63. The molecule has 0 fully saturated rings. The largest absolute Gasteiger partial charge is 0.493 e. The van der Waals surface area contributed by atoms with Crippen LogP contribution < -0.4 is 19.9 Å². The van der Waals surface area contributed by atoms with Gasteiger partial charge in [0.05, 0.1) is 18.1 Å². The highest BCUT2D eigenvalue weighted by Gasteiger charge is 2.11. The van der Waals surface area contributed by atoms with Crippen LogP contribution in [0, 0.1) is 6.92 Å². The number of hydrogen-bond acceptors (Lipinski definition) is 5. The Bertz CT molecular complexity index is 724. The van der Waals surface area contributed by atoms with Gasteiger partial charge in [-0.2, -0.15) is 0 Å². The van der Waals surface area contributed by atoms with Gasteiger partial charge < -0.3 is 19.9 Å². The van der Waals surface area contributed by atoms with Crippen LogP contribution in [-0.4, -0.2) is 36.1 Å². The molecule has 7 heteroatoms. The van der Waals surface area contributed by atoms with Crippen molar-refractivity contribution in [2.24, 2.45) is 5.14 Å². The van der Waals surface area contributed by atoms with E-state index in [9.17, 15) is 9.32 Å². The summed E-state index contributed by atoms with van der Waals surface area (Å²) in [7, 11) is 0.0342. The first-order valence-corrected chi connectivity index (χ1v) is 9.15. The van der Waals surface area contributed by atoms with Gasteiger partial charge in [-0.3, -0.25) is 0 Å². The third-order valence-electron chi connectivity index (χ3n) is 3.76. The normalized spacial score (nSPS) is 13.3. The molecule has 2 aromatic rings. The number of aliphatic hydroxyl groups excluding tert-OH is 1. The molecule has 6 nitrogen and oxygen atoms in total. The molecule has 2 aromatic carbocycles. The van der Waals surface area contributed by atoms with Gasteiger partial charge in [0.1, 0.15) is 17.6 Å². The quantitative estimate of drug-likeness (QED) is 0.589. The maximum absolute atomic E-state index is 11.5. The minimum absolute atomic E-state index is 0.356. The molecule has 2 atom stereocenters. The SMILES string of the molecule is COc1ccccc1OCCNCC(O)c1ccc(C)c(S(N)=O)c1. The van der Waals surface area contributed by atoms with E-state index in [2.05, 4.69) is 5.32 Å². The highest BCUT2D eigenvalue weighted by Crippen LogP contribution is 2.25. The molecule has 0 aliphatic rings. The summed E-state index contributed by atoms with van der Waals surface area (Å²) in [5.41, 5.74) is 1.52. The minimum Gasteiger partial charge on any atom is -0.493 e. The van der Waals surface area contributed by atoms with Gasteiger partial charge in [0.15, 0.2) is 11.5 Å². The Morgan fingerprint density at radius 1 is 1.24 bits per heavy atom. The Kier molecular flexibility index (Phi) is 7.39. The lowest BCUT2D eigenvalue weighted by atomic mass is 10.1. The van der Waals surface area contributed by atoms with E-state index in [0.29, 0.717) is 41.7 Å². The Morgan fingerprint density at radius 2 is 1.96 bits per heavy atom. The van der Waals surface area contributed by atoms with Crippen LogP contribution in [0.4, 0.5) is 0 Å². The van der Waals surface area contributed by atoms with Gasteiger partial charge >= 0.3 is 0 Å². The lowest BCUT2D eigenvalue weighted by Gasteiger charge is -2.15. The molecule has 2 rings (SSSR count). The number of ether oxygens (including phenoxy) is 2. The molecule has 0 saturated heterocycles. The van der Waals surface area contributed by atoms with Crippen molar-refractivity contribution in [3.63, 3.8) is 0 Å². The Hall–Kier alpha value is -1.93. The first-order valence-electron chi connectivity index (χ1n) is 7.94. The molecular weight excluding hydrogens is 340 g/mol. The van der Waals surface area contributed by atoms with Crippen molar-refractivity contribution in [2.75, 3.05) is 26.8 Å². The molecule has 0 heterocycles. The van der Waals surface area contributed by atoms with E-state index in [0.717, 1.165) is 5.56 Å². The first-order chi connectivity index (χ1) is 12.0. The zero-order valence-electron chi connectivity index (χ0n) is 14.4. The highest BCUT2D eigenvalue weighted by atomic mass is 32.2. The van der Waals surface area contributed by atoms with E-state index in [1.165, 1.54) is 0 Å². The maximum atomic E-state index is 11.5. The van der Waals surface area contributed by atoms with Crippen LogP contribution in [0.2, 0.25) is 0 Å². The molecule has 0 saturated carbocycles. The molecule has 0 amide bonds.